The van der Waals surface area contributed by atoms with E-state index in [1.807, 2.05) is 12.1 Å². The first kappa shape index (κ1) is 7.94. The number of ether oxygens (including phenoxy) is 3. The summed E-state index contributed by atoms with van der Waals surface area (Å²) in [6, 6.07) is 3.92. The quantitative estimate of drug-likeness (QED) is 0.658. The highest BCUT2D eigenvalue weighted by molar-refractivity contribution is 5.52. The second kappa shape index (κ2) is 2.78. The molecule has 1 aromatic rings. The van der Waals surface area contributed by atoms with Gasteiger partial charge in [0.25, 0.3) is 0 Å². The zero-order chi connectivity index (χ0) is 9.54. The van der Waals surface area contributed by atoms with Crippen LogP contribution in [0.2, 0.25) is 0 Å². The molecule has 2 N–H and O–H groups in total. The standard InChI is InChI=1S/C10H11NO3/c11-7-1-6-2-9-10(14-5-13-9)3-8(6)12-4-7/h2-3,7H,1,4-5,11H2. The predicted molar refractivity (Wildman–Crippen MR) is 49.7 cm³/mol. The number of benzene rings is 1. The van der Waals surface area contributed by atoms with Crippen LogP contribution in [0.15, 0.2) is 12.1 Å². The van der Waals surface area contributed by atoms with E-state index < -0.39 is 0 Å². The van der Waals surface area contributed by atoms with Gasteiger partial charge in [-0.15, -0.1) is 0 Å². The van der Waals surface area contributed by atoms with Gasteiger partial charge in [-0.25, -0.2) is 0 Å². The summed E-state index contributed by atoms with van der Waals surface area (Å²) < 4.78 is 16.0. The van der Waals surface area contributed by atoms with Gasteiger partial charge in [0.15, 0.2) is 11.5 Å². The number of hydrogen-bond acceptors (Lipinski definition) is 4. The zero-order valence-corrected chi connectivity index (χ0v) is 7.66. The number of nitrogens with two attached hydrogens (primary N) is 1. The van der Waals surface area contributed by atoms with Gasteiger partial charge in [-0.1, -0.05) is 0 Å². The van der Waals surface area contributed by atoms with Crippen molar-refractivity contribution in [3.8, 4) is 17.2 Å². The minimum atomic E-state index is 0.0860. The Hall–Kier alpha value is -1.42. The van der Waals surface area contributed by atoms with Crippen LogP contribution in [0.5, 0.6) is 17.2 Å². The summed E-state index contributed by atoms with van der Waals surface area (Å²) in [5.41, 5.74) is 6.90. The summed E-state index contributed by atoms with van der Waals surface area (Å²) >= 11 is 0. The Morgan fingerprint density at radius 2 is 1.86 bits per heavy atom. The second-order valence-corrected chi connectivity index (χ2v) is 3.59. The molecule has 0 bridgehead atoms. The van der Waals surface area contributed by atoms with Gasteiger partial charge in [-0.3, -0.25) is 0 Å². The molecule has 1 atom stereocenters. The van der Waals surface area contributed by atoms with Crippen molar-refractivity contribution in [2.24, 2.45) is 5.73 Å². The fourth-order valence-electron chi connectivity index (χ4n) is 1.80. The highest BCUT2D eigenvalue weighted by Gasteiger charge is 2.22. The number of rotatable bonds is 0. The van der Waals surface area contributed by atoms with Gasteiger partial charge in [0.1, 0.15) is 12.4 Å². The van der Waals surface area contributed by atoms with Crippen LogP contribution in [0.25, 0.3) is 0 Å². The fourth-order valence-corrected chi connectivity index (χ4v) is 1.80. The molecule has 3 rings (SSSR count). The summed E-state index contributed by atoms with van der Waals surface area (Å²) in [4.78, 5) is 0. The van der Waals surface area contributed by atoms with Crippen LogP contribution in [0, 0.1) is 0 Å². The van der Waals surface area contributed by atoms with Crippen molar-refractivity contribution in [2.45, 2.75) is 12.5 Å². The second-order valence-electron chi connectivity index (χ2n) is 3.59. The first-order chi connectivity index (χ1) is 6.83. The Bertz CT molecular complexity index is 378. The smallest absolute Gasteiger partial charge is 0.231 e. The zero-order valence-electron chi connectivity index (χ0n) is 7.66. The Balaban J connectivity index is 2.06. The molecule has 2 aliphatic rings. The topological polar surface area (TPSA) is 53.7 Å². The average molecular weight is 193 g/mol. The van der Waals surface area contributed by atoms with Crippen LogP contribution in [0.1, 0.15) is 5.56 Å². The number of fused-ring (bicyclic) bond motifs is 2. The van der Waals surface area contributed by atoms with Crippen LogP contribution >= 0.6 is 0 Å². The van der Waals surface area contributed by atoms with Crippen LogP contribution in [0.3, 0.4) is 0 Å². The fraction of sp³-hybridized carbons (Fsp3) is 0.400. The molecule has 0 radical (unpaired) electrons. The van der Waals surface area contributed by atoms with Gasteiger partial charge < -0.3 is 19.9 Å². The van der Waals surface area contributed by atoms with E-state index in [-0.39, 0.29) is 6.04 Å². The van der Waals surface area contributed by atoms with Gasteiger partial charge in [0, 0.05) is 12.1 Å². The normalized spacial score (nSPS) is 22.8. The molecule has 0 aliphatic carbocycles. The molecule has 74 valence electrons. The Morgan fingerprint density at radius 1 is 1.07 bits per heavy atom. The van der Waals surface area contributed by atoms with Crippen molar-refractivity contribution in [3.63, 3.8) is 0 Å². The highest BCUT2D eigenvalue weighted by Crippen LogP contribution is 2.39. The monoisotopic (exact) mass is 193 g/mol. The summed E-state index contributed by atoms with van der Waals surface area (Å²) in [7, 11) is 0. The summed E-state index contributed by atoms with van der Waals surface area (Å²) in [5.74, 6) is 2.43. The van der Waals surface area contributed by atoms with Crippen LogP contribution in [-0.4, -0.2) is 19.4 Å². The molecule has 4 nitrogen and oxygen atoms in total. The third kappa shape index (κ3) is 1.11. The maximum atomic E-state index is 5.80. The molecule has 0 fully saturated rings. The minimum Gasteiger partial charge on any atom is -0.492 e. The van der Waals surface area contributed by atoms with E-state index in [1.54, 1.807) is 0 Å². The van der Waals surface area contributed by atoms with Crippen molar-refractivity contribution in [1.82, 2.24) is 0 Å². The molecule has 0 aromatic heterocycles. The SMILES string of the molecule is NC1COc2cc3c(cc2C1)OCO3. The van der Waals surface area contributed by atoms with E-state index in [0.717, 1.165) is 29.2 Å². The lowest BCUT2D eigenvalue weighted by Crippen LogP contribution is -2.33. The Kier molecular flexibility index (Phi) is 1.58. The molecule has 0 saturated heterocycles. The lowest BCUT2D eigenvalue weighted by Gasteiger charge is -2.22. The molecule has 0 amide bonds. The molecule has 2 aliphatic heterocycles. The van der Waals surface area contributed by atoms with Gasteiger partial charge >= 0.3 is 0 Å². The van der Waals surface area contributed by atoms with Gasteiger partial charge in [0.05, 0.1) is 0 Å². The minimum absolute atomic E-state index is 0.0860. The largest absolute Gasteiger partial charge is 0.492 e. The third-order valence-electron chi connectivity index (χ3n) is 2.49. The van der Waals surface area contributed by atoms with Crippen molar-refractivity contribution in [3.05, 3.63) is 17.7 Å². The van der Waals surface area contributed by atoms with E-state index >= 15 is 0 Å². The van der Waals surface area contributed by atoms with Crippen molar-refractivity contribution >= 4 is 0 Å². The molecule has 14 heavy (non-hydrogen) atoms. The van der Waals surface area contributed by atoms with E-state index in [4.69, 9.17) is 19.9 Å². The third-order valence-corrected chi connectivity index (χ3v) is 2.49. The molecular formula is C10H11NO3. The summed E-state index contributed by atoms with van der Waals surface area (Å²) in [6.07, 6.45) is 0.839. The summed E-state index contributed by atoms with van der Waals surface area (Å²) in [5, 5.41) is 0. The van der Waals surface area contributed by atoms with E-state index in [1.165, 1.54) is 0 Å². The molecule has 1 unspecified atom stereocenters. The lowest BCUT2D eigenvalue weighted by molar-refractivity contribution is 0.174. The van der Waals surface area contributed by atoms with E-state index in [0.29, 0.717) is 13.4 Å². The van der Waals surface area contributed by atoms with Crippen LogP contribution in [0.4, 0.5) is 0 Å². The molecule has 1 aromatic carbocycles. The highest BCUT2D eigenvalue weighted by atomic mass is 16.7. The van der Waals surface area contributed by atoms with E-state index in [2.05, 4.69) is 0 Å². The predicted octanol–water partition coefficient (Wildman–Crippen LogP) is 0.677. The molecule has 2 heterocycles. The molecule has 0 saturated carbocycles. The first-order valence-corrected chi connectivity index (χ1v) is 4.64. The maximum Gasteiger partial charge on any atom is 0.231 e. The van der Waals surface area contributed by atoms with Crippen LogP contribution < -0.4 is 19.9 Å². The van der Waals surface area contributed by atoms with Gasteiger partial charge in [-0.2, -0.15) is 0 Å². The van der Waals surface area contributed by atoms with Gasteiger partial charge in [-0.05, 0) is 18.1 Å². The van der Waals surface area contributed by atoms with Crippen molar-refractivity contribution < 1.29 is 14.2 Å². The first-order valence-electron chi connectivity index (χ1n) is 4.64. The van der Waals surface area contributed by atoms with Crippen molar-refractivity contribution in [2.75, 3.05) is 13.4 Å². The molecule has 4 heteroatoms. The van der Waals surface area contributed by atoms with Crippen LogP contribution in [-0.2, 0) is 6.42 Å². The maximum absolute atomic E-state index is 5.80. The Morgan fingerprint density at radius 3 is 2.71 bits per heavy atom. The summed E-state index contributed by atoms with van der Waals surface area (Å²) in [6.45, 7) is 0.872. The lowest BCUT2D eigenvalue weighted by atomic mass is 10.0. The van der Waals surface area contributed by atoms with Crippen molar-refractivity contribution in [1.29, 1.82) is 0 Å². The number of hydrogen-bond donors (Lipinski definition) is 1. The Labute approximate surface area is 81.6 Å². The van der Waals surface area contributed by atoms with Gasteiger partial charge in [0.2, 0.25) is 6.79 Å². The molecular weight excluding hydrogens is 182 g/mol. The van der Waals surface area contributed by atoms with E-state index in [9.17, 15) is 0 Å². The average Bonchev–Trinajstić information content (AvgIpc) is 2.61. The molecule has 0 spiro atoms.